The van der Waals surface area contributed by atoms with Crippen LogP contribution in [0.3, 0.4) is 0 Å². The summed E-state index contributed by atoms with van der Waals surface area (Å²) in [7, 11) is 1.21. The topological polar surface area (TPSA) is 98.5 Å². The molecule has 0 aromatic rings. The number of carbonyl (C=O) groups excluding carboxylic acids is 3. The lowest BCUT2D eigenvalue weighted by atomic mass is 10.1. The van der Waals surface area contributed by atoms with Crippen LogP contribution in [0.4, 0.5) is 0 Å². The number of amides is 2. The Morgan fingerprint density at radius 1 is 0.862 bits per heavy atom. The Bertz CT molecular complexity index is 477. The lowest BCUT2D eigenvalue weighted by molar-refractivity contribution is -0.146. The van der Waals surface area contributed by atoms with Crippen LogP contribution in [0.25, 0.3) is 0 Å². The molecule has 1 atom stereocenters. The van der Waals surface area contributed by atoms with Crippen molar-refractivity contribution in [3.05, 3.63) is 12.2 Å². The van der Waals surface area contributed by atoms with Gasteiger partial charge in [0.15, 0.2) is 0 Å². The number of methoxy groups -OCH3 is 1. The van der Waals surface area contributed by atoms with Crippen LogP contribution in [0.15, 0.2) is 12.2 Å². The second-order valence-corrected chi connectivity index (χ2v) is 7.65. The SMILES string of the molecule is CCCCCCCC/C=C\CCCCCCCC(=O)N[C@@H](CC(N)=O)C(=O)OC. The van der Waals surface area contributed by atoms with E-state index in [0.29, 0.717) is 6.42 Å². The van der Waals surface area contributed by atoms with Crippen molar-refractivity contribution < 1.29 is 19.1 Å². The van der Waals surface area contributed by atoms with Gasteiger partial charge in [-0.1, -0.05) is 70.4 Å². The fraction of sp³-hybridized carbons (Fsp3) is 0.783. The highest BCUT2D eigenvalue weighted by atomic mass is 16.5. The maximum Gasteiger partial charge on any atom is 0.328 e. The first-order valence-electron chi connectivity index (χ1n) is 11.3. The van der Waals surface area contributed by atoms with Crippen LogP contribution in [0.2, 0.25) is 0 Å². The minimum Gasteiger partial charge on any atom is -0.467 e. The Morgan fingerprint density at radius 3 is 1.90 bits per heavy atom. The van der Waals surface area contributed by atoms with Crippen LogP contribution in [0, 0.1) is 0 Å². The first-order valence-corrected chi connectivity index (χ1v) is 11.3. The number of hydrogen-bond donors (Lipinski definition) is 2. The van der Waals surface area contributed by atoms with Gasteiger partial charge in [-0.25, -0.2) is 4.79 Å². The van der Waals surface area contributed by atoms with E-state index in [1.54, 1.807) is 0 Å². The van der Waals surface area contributed by atoms with E-state index in [9.17, 15) is 14.4 Å². The third-order valence-corrected chi connectivity index (χ3v) is 4.89. The average Bonchev–Trinajstić information content (AvgIpc) is 2.69. The number of esters is 1. The third-order valence-electron chi connectivity index (χ3n) is 4.89. The molecule has 0 fully saturated rings. The van der Waals surface area contributed by atoms with Crippen LogP contribution in [0.5, 0.6) is 0 Å². The van der Waals surface area contributed by atoms with E-state index >= 15 is 0 Å². The van der Waals surface area contributed by atoms with E-state index in [0.717, 1.165) is 32.1 Å². The fourth-order valence-electron chi connectivity index (χ4n) is 3.16. The summed E-state index contributed by atoms with van der Waals surface area (Å²) in [4.78, 5) is 34.4. The van der Waals surface area contributed by atoms with Crippen molar-refractivity contribution in [2.75, 3.05) is 7.11 Å². The van der Waals surface area contributed by atoms with E-state index in [-0.39, 0.29) is 12.3 Å². The highest BCUT2D eigenvalue weighted by Gasteiger charge is 2.23. The molecule has 0 heterocycles. The van der Waals surface area contributed by atoms with Crippen LogP contribution < -0.4 is 11.1 Å². The second kappa shape index (κ2) is 19.5. The number of rotatable bonds is 19. The number of carbonyl (C=O) groups is 3. The molecule has 0 aromatic heterocycles. The quantitative estimate of drug-likeness (QED) is 0.185. The molecule has 168 valence electrons. The molecule has 0 bridgehead atoms. The largest absolute Gasteiger partial charge is 0.467 e. The number of ether oxygens (including phenoxy) is 1. The summed E-state index contributed by atoms with van der Waals surface area (Å²) >= 11 is 0. The molecule has 0 unspecified atom stereocenters. The molecule has 0 aromatic carbocycles. The first kappa shape index (κ1) is 27.1. The summed E-state index contributed by atoms with van der Waals surface area (Å²) in [6.07, 6.45) is 20.3. The number of allylic oxidation sites excluding steroid dienone is 2. The van der Waals surface area contributed by atoms with Crippen molar-refractivity contribution in [1.29, 1.82) is 0 Å². The Morgan fingerprint density at radius 2 is 1.38 bits per heavy atom. The first-order chi connectivity index (χ1) is 14.0. The zero-order valence-corrected chi connectivity index (χ0v) is 18.5. The average molecular weight is 411 g/mol. The fourth-order valence-corrected chi connectivity index (χ4v) is 3.16. The number of nitrogens with two attached hydrogens (primary N) is 1. The van der Waals surface area contributed by atoms with Crippen LogP contribution in [-0.2, 0) is 19.1 Å². The predicted octanol–water partition coefficient (Wildman–Crippen LogP) is 4.56. The molecule has 0 radical (unpaired) electrons. The lowest BCUT2D eigenvalue weighted by Crippen LogP contribution is -2.43. The Labute approximate surface area is 177 Å². The van der Waals surface area contributed by atoms with E-state index in [1.807, 2.05) is 0 Å². The van der Waals surface area contributed by atoms with Gasteiger partial charge in [0.1, 0.15) is 6.04 Å². The maximum atomic E-state index is 11.9. The summed E-state index contributed by atoms with van der Waals surface area (Å²) in [6, 6.07) is -0.992. The summed E-state index contributed by atoms with van der Waals surface area (Å²) in [5, 5.41) is 2.53. The van der Waals surface area contributed by atoms with Crippen LogP contribution in [-0.4, -0.2) is 30.9 Å². The lowest BCUT2D eigenvalue weighted by Gasteiger charge is -2.14. The summed E-state index contributed by atoms with van der Waals surface area (Å²) < 4.78 is 4.58. The van der Waals surface area contributed by atoms with Gasteiger partial charge in [-0.15, -0.1) is 0 Å². The van der Waals surface area contributed by atoms with Gasteiger partial charge in [0, 0.05) is 6.42 Å². The van der Waals surface area contributed by atoms with Gasteiger partial charge in [-0.3, -0.25) is 9.59 Å². The van der Waals surface area contributed by atoms with Gasteiger partial charge in [-0.2, -0.15) is 0 Å². The zero-order chi connectivity index (χ0) is 21.7. The van der Waals surface area contributed by atoms with Gasteiger partial charge in [0.05, 0.1) is 13.5 Å². The van der Waals surface area contributed by atoms with Crippen molar-refractivity contribution in [2.45, 2.75) is 109 Å². The molecule has 0 saturated heterocycles. The van der Waals surface area contributed by atoms with E-state index in [1.165, 1.54) is 58.5 Å². The number of nitrogens with one attached hydrogen (secondary N) is 1. The van der Waals surface area contributed by atoms with Crippen molar-refractivity contribution in [1.82, 2.24) is 5.32 Å². The standard InChI is InChI=1S/C23H42N2O4/c1-3-4-5-6-7-8-9-10-11-12-13-14-15-16-17-18-22(27)25-20(19-21(24)26)23(28)29-2/h10-11,20H,3-9,12-19H2,1-2H3,(H2,24,26)(H,25,27)/b11-10-/t20-/m0/s1. The third kappa shape index (κ3) is 17.9. The van der Waals surface area contributed by atoms with Gasteiger partial charge < -0.3 is 15.8 Å². The monoisotopic (exact) mass is 410 g/mol. The number of unbranched alkanes of at least 4 members (excludes halogenated alkanes) is 11. The maximum absolute atomic E-state index is 11.9. The Kier molecular flexibility index (Phi) is 18.2. The van der Waals surface area contributed by atoms with Crippen LogP contribution in [0.1, 0.15) is 103 Å². The van der Waals surface area contributed by atoms with Gasteiger partial charge in [0.2, 0.25) is 11.8 Å². The number of hydrogen-bond acceptors (Lipinski definition) is 4. The highest BCUT2D eigenvalue weighted by molar-refractivity contribution is 5.88. The molecular formula is C23H42N2O4. The zero-order valence-electron chi connectivity index (χ0n) is 18.5. The van der Waals surface area contributed by atoms with Gasteiger partial charge in [-0.05, 0) is 32.1 Å². The van der Waals surface area contributed by atoms with Crippen molar-refractivity contribution >= 4 is 17.8 Å². The Balaban J connectivity index is 3.59. The summed E-state index contributed by atoms with van der Waals surface area (Å²) in [5.74, 6) is -1.55. The van der Waals surface area contributed by atoms with Crippen molar-refractivity contribution in [2.24, 2.45) is 5.73 Å². The van der Waals surface area contributed by atoms with E-state index < -0.39 is 17.9 Å². The highest BCUT2D eigenvalue weighted by Crippen LogP contribution is 2.10. The van der Waals surface area contributed by atoms with Crippen molar-refractivity contribution in [3.8, 4) is 0 Å². The minimum absolute atomic E-state index is 0.245. The molecule has 0 aliphatic rings. The van der Waals surface area contributed by atoms with Gasteiger partial charge in [0.25, 0.3) is 0 Å². The summed E-state index contributed by atoms with van der Waals surface area (Å²) in [6.45, 7) is 2.25. The molecule has 0 rings (SSSR count). The smallest absolute Gasteiger partial charge is 0.328 e. The van der Waals surface area contributed by atoms with E-state index in [2.05, 4.69) is 29.1 Å². The number of primary amides is 1. The molecule has 0 aliphatic carbocycles. The van der Waals surface area contributed by atoms with E-state index in [4.69, 9.17) is 5.73 Å². The van der Waals surface area contributed by atoms with Crippen molar-refractivity contribution in [3.63, 3.8) is 0 Å². The molecular weight excluding hydrogens is 368 g/mol. The second-order valence-electron chi connectivity index (χ2n) is 7.65. The molecule has 0 saturated carbocycles. The minimum atomic E-state index is -0.992. The Hall–Kier alpha value is -1.85. The molecule has 6 nitrogen and oxygen atoms in total. The molecule has 3 N–H and O–H groups in total. The molecule has 2 amide bonds. The summed E-state index contributed by atoms with van der Waals surface area (Å²) in [5.41, 5.74) is 5.09. The molecule has 0 spiro atoms. The molecule has 6 heteroatoms. The molecule has 29 heavy (non-hydrogen) atoms. The normalized spacial score (nSPS) is 12.1. The van der Waals surface area contributed by atoms with Gasteiger partial charge >= 0.3 is 5.97 Å². The molecule has 0 aliphatic heterocycles. The van der Waals surface area contributed by atoms with Crippen LogP contribution >= 0.6 is 0 Å². The predicted molar refractivity (Wildman–Crippen MR) is 117 cm³/mol.